The normalized spacial score (nSPS) is 11.0. The molecule has 0 saturated carbocycles. The number of sulfonamides is 1. The fourth-order valence-corrected chi connectivity index (χ4v) is 4.38. The van der Waals surface area contributed by atoms with Gasteiger partial charge in [0, 0.05) is 17.8 Å². The quantitative estimate of drug-likeness (QED) is 0.161. The molecular formula is C19H25ClN6O5S. The lowest BCUT2D eigenvalue weighted by molar-refractivity contribution is -0.120. The van der Waals surface area contributed by atoms with Gasteiger partial charge < -0.3 is 26.6 Å². The number of H-pyrrole nitrogens is 1. The van der Waals surface area contributed by atoms with Gasteiger partial charge >= 0.3 is 0 Å². The molecule has 0 atom stereocenters. The summed E-state index contributed by atoms with van der Waals surface area (Å²) < 4.78 is 26.8. The largest absolute Gasteiger partial charge is 0.391 e. The first-order valence-corrected chi connectivity index (χ1v) is 11.4. The lowest BCUT2D eigenvalue weighted by Gasteiger charge is -2.22. The highest BCUT2D eigenvalue weighted by Gasteiger charge is 2.25. The maximum atomic E-state index is 13.0. The summed E-state index contributed by atoms with van der Waals surface area (Å²) in [6.45, 7) is 1.77. The van der Waals surface area contributed by atoms with Crippen LogP contribution in [0.3, 0.4) is 0 Å². The van der Waals surface area contributed by atoms with E-state index in [0.717, 1.165) is 4.31 Å². The van der Waals surface area contributed by atoms with Crippen LogP contribution in [0.15, 0.2) is 40.3 Å². The number of aryl methyl sites for hydroxylation is 1. The van der Waals surface area contributed by atoms with Gasteiger partial charge in [-0.2, -0.15) is 0 Å². The number of nitrogens with zero attached hydrogens (tertiary/aromatic N) is 2. The number of rotatable bonds is 10. The number of nitrogens with one attached hydrogen (secondary N) is 2. The summed E-state index contributed by atoms with van der Waals surface area (Å²) in [6.07, 6.45) is -0.223. The predicted octanol–water partition coefficient (Wildman–Crippen LogP) is 0.167. The first kappa shape index (κ1) is 25.0. The summed E-state index contributed by atoms with van der Waals surface area (Å²) >= 11 is 5.94. The molecule has 0 saturated heterocycles. The summed E-state index contributed by atoms with van der Waals surface area (Å²) in [5, 5.41) is 6.31. The zero-order valence-corrected chi connectivity index (χ0v) is 19.2. The number of guanidine groups is 1. The highest BCUT2D eigenvalue weighted by molar-refractivity contribution is 7.92. The van der Waals surface area contributed by atoms with Crippen LogP contribution in [0.5, 0.6) is 0 Å². The lowest BCUT2D eigenvalue weighted by atomic mass is 10.1. The minimum atomic E-state index is -3.94. The number of aromatic amines is 1. The van der Waals surface area contributed by atoms with Crippen molar-refractivity contribution in [1.29, 1.82) is 0 Å². The van der Waals surface area contributed by atoms with E-state index in [1.54, 1.807) is 31.2 Å². The zero-order valence-electron chi connectivity index (χ0n) is 17.6. The summed E-state index contributed by atoms with van der Waals surface area (Å²) in [5.41, 5.74) is 10.7. The molecule has 0 spiro atoms. The van der Waals surface area contributed by atoms with Crippen molar-refractivity contribution in [2.24, 2.45) is 16.6 Å². The summed E-state index contributed by atoms with van der Waals surface area (Å²) in [4.78, 5) is 32.3. The molecule has 6 N–H and O–H groups in total. The molecule has 2 aromatic rings. The molecule has 174 valence electrons. The third-order valence-electron chi connectivity index (χ3n) is 4.23. The Balaban J connectivity index is 2.21. The second-order valence-electron chi connectivity index (χ2n) is 6.89. The topological polar surface area (TPSA) is 173 Å². The van der Waals surface area contributed by atoms with Crippen LogP contribution >= 0.6 is 11.6 Å². The maximum Gasteiger partial charge on any atom is 0.272 e. The average Bonchev–Trinajstić information content (AvgIpc) is 2.66. The Labute approximate surface area is 190 Å². The van der Waals surface area contributed by atoms with Crippen molar-refractivity contribution in [1.82, 2.24) is 10.3 Å². The molecule has 0 aliphatic rings. The van der Waals surface area contributed by atoms with Crippen molar-refractivity contribution >= 4 is 39.2 Å². The molecule has 0 aliphatic carbocycles. The van der Waals surface area contributed by atoms with Gasteiger partial charge in [-0.25, -0.2) is 8.42 Å². The van der Waals surface area contributed by atoms with Crippen LogP contribution < -0.4 is 26.6 Å². The Bertz CT molecular complexity index is 1160. The summed E-state index contributed by atoms with van der Waals surface area (Å²) in [5.74, 6) is -1.06. The predicted molar refractivity (Wildman–Crippen MR) is 123 cm³/mol. The van der Waals surface area contributed by atoms with Gasteiger partial charge in [0.05, 0.1) is 18.7 Å². The Morgan fingerprint density at radius 3 is 2.69 bits per heavy atom. The molecule has 0 unspecified atom stereocenters. The van der Waals surface area contributed by atoms with Crippen LogP contribution in [0, 0.1) is 6.92 Å². The molecular weight excluding hydrogens is 460 g/mol. The molecule has 0 fully saturated rings. The van der Waals surface area contributed by atoms with Crippen LogP contribution in [0.1, 0.15) is 16.8 Å². The number of amides is 1. The molecule has 1 amide bonds. The highest BCUT2D eigenvalue weighted by atomic mass is 35.5. The van der Waals surface area contributed by atoms with Gasteiger partial charge in [0.2, 0.25) is 21.9 Å². The van der Waals surface area contributed by atoms with Crippen molar-refractivity contribution in [3.63, 3.8) is 0 Å². The molecule has 32 heavy (non-hydrogen) atoms. The number of pyridine rings is 1. The van der Waals surface area contributed by atoms with Gasteiger partial charge in [-0.15, -0.1) is 0 Å². The van der Waals surface area contributed by atoms with E-state index in [2.05, 4.69) is 15.5 Å². The van der Waals surface area contributed by atoms with Crippen molar-refractivity contribution in [2.75, 3.05) is 24.5 Å². The summed E-state index contributed by atoms with van der Waals surface area (Å²) in [7, 11) is -2.68. The number of hydrogen-bond acceptors (Lipinski definition) is 6. The van der Waals surface area contributed by atoms with E-state index >= 15 is 0 Å². The zero-order chi connectivity index (χ0) is 23.9. The number of carbonyl (C=O) groups excluding carboxylic acids is 1. The number of halogens is 1. The number of oxime groups is 1. The highest BCUT2D eigenvalue weighted by Crippen LogP contribution is 2.22. The van der Waals surface area contributed by atoms with Crippen LogP contribution in [-0.4, -0.2) is 45.5 Å². The van der Waals surface area contributed by atoms with Crippen molar-refractivity contribution in [3.05, 3.63) is 62.5 Å². The first-order chi connectivity index (χ1) is 15.0. The Morgan fingerprint density at radius 1 is 1.31 bits per heavy atom. The minimum absolute atomic E-state index is 0.0266. The number of hydrogen-bond donors (Lipinski definition) is 4. The van der Waals surface area contributed by atoms with Crippen LogP contribution in [0.25, 0.3) is 0 Å². The molecule has 2 rings (SSSR count). The second-order valence-corrected chi connectivity index (χ2v) is 9.32. The van der Waals surface area contributed by atoms with Gasteiger partial charge in [0.1, 0.15) is 12.3 Å². The van der Waals surface area contributed by atoms with E-state index in [1.807, 2.05) is 0 Å². The number of anilines is 1. The molecule has 13 heteroatoms. The minimum Gasteiger partial charge on any atom is -0.391 e. The smallest absolute Gasteiger partial charge is 0.272 e. The molecule has 0 bridgehead atoms. The van der Waals surface area contributed by atoms with Gasteiger partial charge in [0.25, 0.3) is 5.56 Å². The number of aromatic nitrogens is 1. The monoisotopic (exact) mass is 484 g/mol. The molecule has 0 aliphatic heterocycles. The van der Waals surface area contributed by atoms with Crippen LogP contribution in [-0.2, 0) is 31.8 Å². The molecule has 0 radical (unpaired) electrons. The summed E-state index contributed by atoms with van der Waals surface area (Å²) in [6, 6.07) is 7.97. The maximum absolute atomic E-state index is 13.0. The van der Waals surface area contributed by atoms with E-state index < -0.39 is 21.5 Å². The first-order valence-electron chi connectivity index (χ1n) is 9.41. The fraction of sp³-hybridized carbons (Fsp3) is 0.316. The van der Waals surface area contributed by atoms with Crippen LogP contribution in [0.2, 0.25) is 5.02 Å². The molecule has 11 nitrogen and oxygen atoms in total. The molecule has 1 aromatic heterocycles. The van der Waals surface area contributed by atoms with Crippen molar-refractivity contribution < 1.29 is 18.0 Å². The van der Waals surface area contributed by atoms with E-state index in [1.165, 1.54) is 13.1 Å². The van der Waals surface area contributed by atoms with Gasteiger partial charge in [-0.05, 0) is 41.4 Å². The van der Waals surface area contributed by atoms with E-state index in [0.29, 0.717) is 16.3 Å². The average molecular weight is 485 g/mol. The van der Waals surface area contributed by atoms with Gasteiger partial charge in [-0.1, -0.05) is 23.7 Å². The van der Waals surface area contributed by atoms with E-state index in [4.69, 9.17) is 27.9 Å². The third kappa shape index (κ3) is 7.17. The Morgan fingerprint density at radius 2 is 2.03 bits per heavy atom. The number of carbonyl (C=O) groups is 1. The SMILES string of the molecule is Cc1cc(CC(=O)NCCON=C(N)N)c(N(C)S(=O)(=O)Cc2cccc(Cl)c2)c(=O)[nH]1. The van der Waals surface area contributed by atoms with Gasteiger partial charge in [-0.3, -0.25) is 13.9 Å². The van der Waals surface area contributed by atoms with E-state index in [9.17, 15) is 18.0 Å². The van der Waals surface area contributed by atoms with E-state index in [-0.39, 0.29) is 42.5 Å². The number of nitrogens with two attached hydrogens (primary N) is 2. The molecule has 1 aromatic carbocycles. The number of benzene rings is 1. The molecule has 1 heterocycles. The lowest BCUT2D eigenvalue weighted by Crippen LogP contribution is -2.35. The van der Waals surface area contributed by atoms with Crippen molar-refractivity contribution in [2.45, 2.75) is 19.1 Å². The fourth-order valence-electron chi connectivity index (χ4n) is 2.89. The van der Waals surface area contributed by atoms with Gasteiger partial charge in [0.15, 0.2) is 0 Å². The Hall–Kier alpha value is -3.25. The van der Waals surface area contributed by atoms with Crippen molar-refractivity contribution in [3.8, 4) is 0 Å². The standard InChI is InChI=1S/C19H25ClN6O5S/c1-12-8-14(10-16(27)23-6-7-31-25-19(21)22)17(18(28)24-12)26(2)32(29,30)11-13-4-3-5-15(20)9-13/h3-5,8-9H,6-7,10-11H2,1-2H3,(H,23,27)(H,24,28)(H4,21,22,25). The second kappa shape index (κ2) is 10.9. The van der Waals surface area contributed by atoms with Crippen LogP contribution in [0.4, 0.5) is 5.69 Å². The third-order valence-corrected chi connectivity index (χ3v) is 6.18. The Kier molecular flexibility index (Phi) is 8.49.